The highest BCUT2D eigenvalue weighted by Gasteiger charge is 2.19. The predicted molar refractivity (Wildman–Crippen MR) is 108 cm³/mol. The number of rotatable bonds is 7. The molecular weight excluding hydrogens is 387 g/mol. The minimum absolute atomic E-state index is 0.0683. The zero-order chi connectivity index (χ0) is 20.0. The lowest BCUT2D eigenvalue weighted by Gasteiger charge is -2.21. The molecule has 0 spiro atoms. The predicted octanol–water partition coefficient (Wildman–Crippen LogP) is 4.34. The molecule has 0 radical (unpaired) electrons. The Hall–Kier alpha value is -2.24. The number of carbonyl (C=O) groups is 2. The Kier molecular flexibility index (Phi) is 7.51. The fraction of sp³-hybridized carbons (Fsp3) is 0.300. The maximum Gasteiger partial charge on any atom is 0.259 e. The van der Waals surface area contributed by atoms with E-state index < -0.39 is 0 Å². The van der Waals surface area contributed by atoms with Gasteiger partial charge in [-0.25, -0.2) is 0 Å². The first kappa shape index (κ1) is 21.1. The molecule has 1 N–H and O–H groups in total. The number of likely N-dealkylation sites (N-methyl/N-ethyl adjacent to an activating group) is 1. The number of para-hydroxylation sites is 1. The van der Waals surface area contributed by atoms with Crippen LogP contribution < -0.4 is 10.1 Å². The van der Waals surface area contributed by atoms with Crippen LogP contribution >= 0.6 is 23.2 Å². The van der Waals surface area contributed by atoms with Gasteiger partial charge in [0, 0.05) is 25.2 Å². The lowest BCUT2D eigenvalue weighted by atomic mass is 10.0. The largest absolute Gasteiger partial charge is 0.483 e. The number of amides is 2. The molecule has 2 aromatic carbocycles. The molecule has 2 rings (SSSR count). The summed E-state index contributed by atoms with van der Waals surface area (Å²) in [7, 11) is 3.34. The van der Waals surface area contributed by atoms with Crippen molar-refractivity contribution in [2.24, 2.45) is 0 Å². The molecule has 0 aliphatic carbocycles. The summed E-state index contributed by atoms with van der Waals surface area (Å²) < 4.78 is 5.68. The summed E-state index contributed by atoms with van der Waals surface area (Å²) in [6.07, 6.45) is 0.648. The van der Waals surface area contributed by atoms with Crippen molar-refractivity contribution in [1.29, 1.82) is 0 Å². The molecule has 1 unspecified atom stereocenters. The first-order valence-corrected chi connectivity index (χ1v) is 9.26. The minimum Gasteiger partial charge on any atom is -0.483 e. The van der Waals surface area contributed by atoms with Gasteiger partial charge in [-0.15, -0.1) is 0 Å². The molecule has 0 fully saturated rings. The summed E-state index contributed by atoms with van der Waals surface area (Å²) in [6.45, 7) is 1.89. The van der Waals surface area contributed by atoms with Gasteiger partial charge in [0.05, 0.1) is 16.1 Å². The zero-order valence-corrected chi connectivity index (χ0v) is 17.0. The van der Waals surface area contributed by atoms with Crippen LogP contribution in [0.5, 0.6) is 5.75 Å². The Labute approximate surface area is 169 Å². The van der Waals surface area contributed by atoms with Crippen LogP contribution in [0, 0.1) is 0 Å². The van der Waals surface area contributed by atoms with Crippen LogP contribution in [-0.2, 0) is 4.79 Å². The lowest BCUT2D eigenvalue weighted by Crippen LogP contribution is -2.30. The summed E-state index contributed by atoms with van der Waals surface area (Å²) >= 11 is 11.9. The Bertz CT molecular complexity index is 825. The van der Waals surface area contributed by atoms with E-state index in [2.05, 4.69) is 5.32 Å². The molecule has 0 aliphatic rings. The van der Waals surface area contributed by atoms with E-state index in [0.29, 0.717) is 27.8 Å². The third-order valence-corrected chi connectivity index (χ3v) is 4.78. The fourth-order valence-corrected chi connectivity index (χ4v) is 2.75. The maximum atomic E-state index is 12.6. The van der Waals surface area contributed by atoms with Gasteiger partial charge in [0.25, 0.3) is 11.8 Å². The van der Waals surface area contributed by atoms with Crippen LogP contribution in [0.2, 0.25) is 10.0 Å². The second-order valence-electron chi connectivity index (χ2n) is 6.18. The number of ether oxygens (including phenoxy) is 1. The van der Waals surface area contributed by atoms with E-state index in [1.807, 2.05) is 25.1 Å². The van der Waals surface area contributed by atoms with Crippen molar-refractivity contribution in [1.82, 2.24) is 10.2 Å². The number of carbonyl (C=O) groups excluding carboxylic acids is 2. The van der Waals surface area contributed by atoms with Gasteiger partial charge in [0.15, 0.2) is 6.61 Å². The molecule has 144 valence electrons. The minimum atomic E-state index is -0.280. The molecule has 0 bridgehead atoms. The van der Waals surface area contributed by atoms with E-state index in [-0.39, 0.29) is 24.5 Å². The van der Waals surface area contributed by atoms with E-state index in [4.69, 9.17) is 27.9 Å². The van der Waals surface area contributed by atoms with Gasteiger partial charge in [-0.05, 0) is 30.7 Å². The van der Waals surface area contributed by atoms with Crippen molar-refractivity contribution < 1.29 is 14.3 Å². The monoisotopic (exact) mass is 408 g/mol. The Morgan fingerprint density at radius 1 is 1.11 bits per heavy atom. The van der Waals surface area contributed by atoms with E-state index in [9.17, 15) is 9.59 Å². The topological polar surface area (TPSA) is 58.6 Å². The molecule has 0 aliphatic heterocycles. The van der Waals surface area contributed by atoms with Gasteiger partial charge in [0.2, 0.25) is 0 Å². The number of nitrogens with one attached hydrogen (secondary N) is 1. The van der Waals surface area contributed by atoms with Crippen molar-refractivity contribution in [3.05, 3.63) is 63.6 Å². The van der Waals surface area contributed by atoms with Crippen molar-refractivity contribution >= 4 is 35.0 Å². The number of benzene rings is 2. The molecule has 2 amide bonds. The molecule has 0 aromatic heterocycles. The van der Waals surface area contributed by atoms with Crippen LogP contribution in [0.3, 0.4) is 0 Å². The highest BCUT2D eigenvalue weighted by molar-refractivity contribution is 6.42. The molecule has 5 nitrogen and oxygen atoms in total. The number of nitrogens with zero attached hydrogens (tertiary/aromatic N) is 1. The van der Waals surface area contributed by atoms with Crippen LogP contribution in [0.15, 0.2) is 42.5 Å². The third kappa shape index (κ3) is 5.62. The standard InChI is InChI=1S/C20H22Cl2N2O3/c1-4-17(23-20(26)13-9-10-15(21)16(22)11-13)14-7-5-6-8-18(14)27-12-19(25)24(2)3/h5-11,17H,4,12H2,1-3H3,(H,23,26). The van der Waals surface area contributed by atoms with E-state index in [0.717, 1.165) is 5.56 Å². The average molecular weight is 409 g/mol. The Morgan fingerprint density at radius 2 is 1.81 bits per heavy atom. The molecule has 27 heavy (non-hydrogen) atoms. The highest BCUT2D eigenvalue weighted by Crippen LogP contribution is 2.28. The van der Waals surface area contributed by atoms with Crippen molar-refractivity contribution in [2.45, 2.75) is 19.4 Å². The summed E-state index contributed by atoms with van der Waals surface area (Å²) in [5, 5.41) is 3.70. The number of hydrogen-bond donors (Lipinski definition) is 1. The Balaban J connectivity index is 2.18. The summed E-state index contributed by atoms with van der Waals surface area (Å²) in [6, 6.07) is 11.8. The van der Waals surface area contributed by atoms with Gasteiger partial charge in [-0.1, -0.05) is 48.3 Å². The van der Waals surface area contributed by atoms with Gasteiger partial charge >= 0.3 is 0 Å². The summed E-state index contributed by atoms with van der Waals surface area (Å²) in [5.41, 5.74) is 1.23. The molecule has 0 saturated heterocycles. The Morgan fingerprint density at radius 3 is 2.44 bits per heavy atom. The summed E-state index contributed by atoms with van der Waals surface area (Å²) in [5.74, 6) is 0.159. The first-order valence-electron chi connectivity index (χ1n) is 8.51. The molecule has 0 heterocycles. The van der Waals surface area contributed by atoms with Crippen LogP contribution in [0.4, 0.5) is 0 Å². The van der Waals surface area contributed by atoms with Crippen LogP contribution in [0.25, 0.3) is 0 Å². The zero-order valence-electron chi connectivity index (χ0n) is 15.5. The maximum absolute atomic E-state index is 12.6. The SMILES string of the molecule is CCC(NC(=O)c1ccc(Cl)c(Cl)c1)c1ccccc1OCC(=O)N(C)C. The van der Waals surface area contributed by atoms with Gasteiger partial charge in [-0.3, -0.25) is 9.59 Å². The number of halogens is 2. The van der Waals surface area contributed by atoms with Crippen molar-refractivity contribution in [3.8, 4) is 5.75 Å². The van der Waals surface area contributed by atoms with Crippen molar-refractivity contribution in [2.75, 3.05) is 20.7 Å². The molecular formula is C20H22Cl2N2O3. The van der Waals surface area contributed by atoms with E-state index >= 15 is 0 Å². The van der Waals surface area contributed by atoms with Gasteiger partial charge in [0.1, 0.15) is 5.75 Å². The molecule has 7 heteroatoms. The fourth-order valence-electron chi connectivity index (χ4n) is 2.45. The van der Waals surface area contributed by atoms with Gasteiger partial charge < -0.3 is 15.0 Å². The first-order chi connectivity index (χ1) is 12.8. The normalized spacial score (nSPS) is 11.6. The van der Waals surface area contributed by atoms with Crippen LogP contribution in [-0.4, -0.2) is 37.4 Å². The molecule has 2 aromatic rings. The summed E-state index contributed by atoms with van der Waals surface area (Å²) in [4.78, 5) is 25.9. The molecule has 0 saturated carbocycles. The second kappa shape index (κ2) is 9.62. The van der Waals surface area contributed by atoms with Gasteiger partial charge in [-0.2, -0.15) is 0 Å². The lowest BCUT2D eigenvalue weighted by molar-refractivity contribution is -0.130. The molecule has 1 atom stereocenters. The second-order valence-corrected chi connectivity index (χ2v) is 6.99. The average Bonchev–Trinajstić information content (AvgIpc) is 2.66. The third-order valence-electron chi connectivity index (χ3n) is 4.04. The van der Waals surface area contributed by atoms with E-state index in [1.54, 1.807) is 32.3 Å². The number of hydrogen-bond acceptors (Lipinski definition) is 3. The van der Waals surface area contributed by atoms with E-state index in [1.165, 1.54) is 11.0 Å². The van der Waals surface area contributed by atoms with Crippen LogP contribution in [0.1, 0.15) is 35.3 Å². The highest BCUT2D eigenvalue weighted by atomic mass is 35.5. The quantitative estimate of drug-likeness (QED) is 0.740. The smallest absolute Gasteiger partial charge is 0.259 e. The van der Waals surface area contributed by atoms with Crippen molar-refractivity contribution in [3.63, 3.8) is 0 Å².